The maximum absolute atomic E-state index is 3.61. The maximum Gasteiger partial charge on any atom is 0.0373 e. The van der Waals surface area contributed by atoms with Crippen LogP contribution in [0, 0.1) is 0 Å². The van der Waals surface area contributed by atoms with Crippen LogP contribution >= 0.6 is 0 Å². The fourth-order valence-corrected chi connectivity index (χ4v) is 2.65. The van der Waals surface area contributed by atoms with Gasteiger partial charge >= 0.3 is 0 Å². The van der Waals surface area contributed by atoms with E-state index < -0.39 is 0 Å². The number of rotatable bonds is 0. The molecule has 1 nitrogen and oxygen atoms in total. The van der Waals surface area contributed by atoms with E-state index >= 15 is 0 Å². The third kappa shape index (κ3) is 1.67. The molecule has 0 saturated heterocycles. The molecule has 0 aromatic heterocycles. The van der Waals surface area contributed by atoms with Crippen LogP contribution in [0.4, 0.5) is 0 Å². The highest BCUT2D eigenvalue weighted by Crippen LogP contribution is 2.31. The third-order valence-electron chi connectivity index (χ3n) is 3.55. The van der Waals surface area contributed by atoms with Crippen LogP contribution in [-0.4, -0.2) is 0 Å². The minimum atomic E-state index is 1.22. The summed E-state index contributed by atoms with van der Waals surface area (Å²) in [5.74, 6) is 0. The first-order valence-corrected chi connectivity index (χ1v) is 5.97. The van der Waals surface area contributed by atoms with Crippen LogP contribution in [0.15, 0.2) is 46.8 Å². The normalized spacial score (nSPS) is 24.5. The molecular formula is C14H17N. The summed E-state index contributed by atoms with van der Waals surface area (Å²) in [6.07, 6.45) is 16.6. The maximum atomic E-state index is 3.61. The Hall–Kier alpha value is -1.24. The van der Waals surface area contributed by atoms with Gasteiger partial charge < -0.3 is 5.32 Å². The minimum Gasteiger partial charge on any atom is -0.356 e. The molecule has 0 radical (unpaired) electrons. The standard InChI is InChI=1S/C14H17N/c1-3-7-13-11(5-1)9-10-12-6-2-4-8-14(12)15-13/h3-4,7-8,15H,1-2,5-6,9-10H2. The van der Waals surface area contributed by atoms with Crippen LogP contribution in [0.2, 0.25) is 0 Å². The summed E-state index contributed by atoms with van der Waals surface area (Å²) >= 11 is 0. The second-order valence-corrected chi connectivity index (χ2v) is 4.54. The molecular weight excluding hydrogens is 182 g/mol. The molecule has 0 bridgehead atoms. The number of allylic oxidation sites excluding steroid dienone is 6. The molecule has 0 fully saturated rings. The summed E-state index contributed by atoms with van der Waals surface area (Å²) in [6.45, 7) is 0. The molecule has 15 heavy (non-hydrogen) atoms. The average molecular weight is 199 g/mol. The second kappa shape index (κ2) is 3.73. The Balaban J connectivity index is 1.92. The Morgan fingerprint density at radius 1 is 0.733 bits per heavy atom. The van der Waals surface area contributed by atoms with Gasteiger partial charge in [0.05, 0.1) is 0 Å². The van der Waals surface area contributed by atoms with E-state index in [1.807, 2.05) is 0 Å². The zero-order valence-electron chi connectivity index (χ0n) is 9.05. The monoisotopic (exact) mass is 199 g/mol. The lowest BCUT2D eigenvalue weighted by molar-refractivity contribution is 0.792. The lowest BCUT2D eigenvalue weighted by Gasteiger charge is -2.16. The van der Waals surface area contributed by atoms with Gasteiger partial charge in [-0.05, 0) is 61.8 Å². The van der Waals surface area contributed by atoms with Gasteiger partial charge in [0.25, 0.3) is 0 Å². The molecule has 0 atom stereocenters. The first-order valence-electron chi connectivity index (χ1n) is 5.97. The van der Waals surface area contributed by atoms with Crippen LogP contribution in [0.25, 0.3) is 0 Å². The van der Waals surface area contributed by atoms with Crippen LogP contribution in [0.3, 0.4) is 0 Å². The molecule has 78 valence electrons. The first kappa shape index (κ1) is 9.02. The van der Waals surface area contributed by atoms with E-state index in [2.05, 4.69) is 29.6 Å². The SMILES string of the molecule is C1=CC2=C(CC1)CCC1=C(C=CCC1)N2. The largest absolute Gasteiger partial charge is 0.356 e. The predicted octanol–water partition coefficient (Wildman–Crippen LogP) is 3.58. The minimum absolute atomic E-state index is 1.22. The quantitative estimate of drug-likeness (QED) is 0.628. The fraction of sp³-hybridized carbons (Fsp3) is 0.429. The summed E-state index contributed by atoms with van der Waals surface area (Å²) in [5, 5.41) is 3.61. The average Bonchev–Trinajstić information content (AvgIpc) is 2.48. The summed E-state index contributed by atoms with van der Waals surface area (Å²) < 4.78 is 0. The Morgan fingerprint density at radius 2 is 1.27 bits per heavy atom. The number of hydrogen-bond acceptors (Lipinski definition) is 1. The van der Waals surface area contributed by atoms with Crippen LogP contribution < -0.4 is 5.32 Å². The van der Waals surface area contributed by atoms with Gasteiger partial charge in [0.15, 0.2) is 0 Å². The highest BCUT2D eigenvalue weighted by atomic mass is 14.9. The Bertz CT molecular complexity index is 356. The van der Waals surface area contributed by atoms with E-state index in [1.54, 1.807) is 11.1 Å². The Kier molecular flexibility index (Phi) is 2.24. The summed E-state index contributed by atoms with van der Waals surface area (Å²) in [6, 6.07) is 0. The van der Waals surface area contributed by atoms with Gasteiger partial charge in [0, 0.05) is 11.4 Å². The van der Waals surface area contributed by atoms with Crippen molar-refractivity contribution in [3.05, 3.63) is 46.8 Å². The van der Waals surface area contributed by atoms with Gasteiger partial charge in [-0.15, -0.1) is 0 Å². The van der Waals surface area contributed by atoms with E-state index in [0.717, 1.165) is 0 Å². The van der Waals surface area contributed by atoms with E-state index in [4.69, 9.17) is 0 Å². The van der Waals surface area contributed by atoms with Crippen molar-refractivity contribution in [2.24, 2.45) is 0 Å². The molecule has 1 N–H and O–H groups in total. The molecule has 1 heterocycles. The van der Waals surface area contributed by atoms with E-state index in [9.17, 15) is 0 Å². The van der Waals surface area contributed by atoms with Crippen LogP contribution in [0.1, 0.15) is 38.5 Å². The zero-order chi connectivity index (χ0) is 10.1. The molecule has 0 spiro atoms. The van der Waals surface area contributed by atoms with Crippen molar-refractivity contribution in [2.75, 3.05) is 0 Å². The highest BCUT2D eigenvalue weighted by Gasteiger charge is 2.17. The smallest absolute Gasteiger partial charge is 0.0373 e. The van der Waals surface area contributed by atoms with Crippen LogP contribution in [0.5, 0.6) is 0 Å². The molecule has 3 aliphatic rings. The van der Waals surface area contributed by atoms with Crippen molar-refractivity contribution >= 4 is 0 Å². The molecule has 2 aliphatic carbocycles. The molecule has 0 amide bonds. The number of hydrogen-bond donors (Lipinski definition) is 1. The summed E-state index contributed by atoms with van der Waals surface area (Å²) in [4.78, 5) is 0. The zero-order valence-corrected chi connectivity index (χ0v) is 9.05. The molecule has 1 aliphatic heterocycles. The summed E-state index contributed by atoms with van der Waals surface area (Å²) in [5.41, 5.74) is 6.00. The summed E-state index contributed by atoms with van der Waals surface area (Å²) in [7, 11) is 0. The van der Waals surface area contributed by atoms with E-state index in [-0.39, 0.29) is 0 Å². The topological polar surface area (TPSA) is 12.0 Å². The third-order valence-corrected chi connectivity index (χ3v) is 3.55. The van der Waals surface area contributed by atoms with Gasteiger partial charge in [-0.25, -0.2) is 0 Å². The van der Waals surface area contributed by atoms with Crippen molar-refractivity contribution in [3.8, 4) is 0 Å². The van der Waals surface area contributed by atoms with Gasteiger partial charge in [-0.1, -0.05) is 12.2 Å². The molecule has 3 rings (SSSR count). The molecule has 1 heteroatoms. The number of nitrogens with one attached hydrogen (secondary N) is 1. The fourth-order valence-electron chi connectivity index (χ4n) is 2.65. The van der Waals surface area contributed by atoms with Crippen LogP contribution in [-0.2, 0) is 0 Å². The van der Waals surface area contributed by atoms with Gasteiger partial charge in [-0.3, -0.25) is 0 Å². The predicted molar refractivity (Wildman–Crippen MR) is 63.2 cm³/mol. The van der Waals surface area contributed by atoms with Gasteiger partial charge in [0.1, 0.15) is 0 Å². The molecule has 0 saturated carbocycles. The molecule has 0 unspecified atom stereocenters. The van der Waals surface area contributed by atoms with Gasteiger partial charge in [0.2, 0.25) is 0 Å². The van der Waals surface area contributed by atoms with E-state index in [0.29, 0.717) is 0 Å². The van der Waals surface area contributed by atoms with Crippen molar-refractivity contribution in [1.29, 1.82) is 0 Å². The second-order valence-electron chi connectivity index (χ2n) is 4.54. The Morgan fingerprint density at radius 3 is 1.80 bits per heavy atom. The van der Waals surface area contributed by atoms with E-state index in [1.165, 1.54) is 49.9 Å². The van der Waals surface area contributed by atoms with Crippen molar-refractivity contribution in [1.82, 2.24) is 5.32 Å². The lowest BCUT2D eigenvalue weighted by Crippen LogP contribution is -2.14. The lowest BCUT2D eigenvalue weighted by atomic mass is 9.94. The highest BCUT2D eigenvalue weighted by molar-refractivity contribution is 5.40. The molecule has 0 aromatic carbocycles. The first-order chi connectivity index (χ1) is 7.43. The van der Waals surface area contributed by atoms with Crippen molar-refractivity contribution < 1.29 is 0 Å². The van der Waals surface area contributed by atoms with Crippen molar-refractivity contribution in [2.45, 2.75) is 38.5 Å². The van der Waals surface area contributed by atoms with Gasteiger partial charge in [-0.2, -0.15) is 0 Å². The molecule has 0 aromatic rings. The van der Waals surface area contributed by atoms with Crippen molar-refractivity contribution in [3.63, 3.8) is 0 Å². The Labute approximate surface area is 91.3 Å².